The number of amides is 1. The highest BCUT2D eigenvalue weighted by atomic mass is 19.1. The van der Waals surface area contributed by atoms with Crippen molar-refractivity contribution in [2.75, 3.05) is 38.5 Å². The largest absolute Gasteiger partial charge is 0.369 e. The Morgan fingerprint density at radius 1 is 1.10 bits per heavy atom. The van der Waals surface area contributed by atoms with Crippen molar-refractivity contribution in [1.29, 1.82) is 0 Å². The molecule has 4 aromatic rings. The number of rotatable bonds is 9. The third-order valence-electron chi connectivity index (χ3n) is 7.90. The SMILES string of the molecule is CCN1CCC(Cc2ccc(-c3cc(NC[C@@H](C)c4ccc(F)c5c(C(=O)NC)ccnc45)ncn3)cn2)CC1. The molecule has 40 heavy (non-hydrogen) atoms. The van der Waals surface area contributed by atoms with Gasteiger partial charge in [0.15, 0.2) is 0 Å². The number of aromatic nitrogens is 4. The average Bonchev–Trinajstić information content (AvgIpc) is 3.00. The van der Waals surface area contributed by atoms with Crippen LogP contribution in [-0.2, 0) is 6.42 Å². The van der Waals surface area contributed by atoms with Crippen LogP contribution >= 0.6 is 0 Å². The molecule has 4 heterocycles. The summed E-state index contributed by atoms with van der Waals surface area (Å²) in [5.74, 6) is 0.546. The monoisotopic (exact) mass is 541 g/mol. The fourth-order valence-corrected chi connectivity index (χ4v) is 5.45. The first-order valence-corrected chi connectivity index (χ1v) is 14.0. The Morgan fingerprint density at radius 2 is 1.93 bits per heavy atom. The molecule has 0 spiro atoms. The van der Waals surface area contributed by atoms with E-state index < -0.39 is 5.82 Å². The smallest absolute Gasteiger partial charge is 0.251 e. The van der Waals surface area contributed by atoms with Crippen LogP contribution in [0.4, 0.5) is 10.2 Å². The molecule has 3 aromatic heterocycles. The van der Waals surface area contributed by atoms with Gasteiger partial charge in [0.2, 0.25) is 0 Å². The van der Waals surface area contributed by atoms with Gasteiger partial charge < -0.3 is 15.5 Å². The Labute approximate surface area is 234 Å². The number of piperidine rings is 1. The summed E-state index contributed by atoms with van der Waals surface area (Å²) in [5.41, 5.74) is 4.47. The van der Waals surface area contributed by atoms with Crippen LogP contribution < -0.4 is 10.6 Å². The van der Waals surface area contributed by atoms with Crippen molar-refractivity contribution in [3.8, 4) is 11.3 Å². The van der Waals surface area contributed by atoms with Gasteiger partial charge in [-0.1, -0.05) is 19.9 Å². The molecule has 5 rings (SSSR count). The minimum absolute atomic E-state index is 0.0286. The predicted octanol–water partition coefficient (Wildman–Crippen LogP) is 5.08. The van der Waals surface area contributed by atoms with Crippen LogP contribution in [0.1, 0.15) is 54.2 Å². The van der Waals surface area contributed by atoms with Crippen molar-refractivity contribution in [2.24, 2.45) is 5.92 Å². The number of likely N-dealkylation sites (tertiary alicyclic amines) is 1. The third-order valence-corrected chi connectivity index (χ3v) is 7.90. The highest BCUT2D eigenvalue weighted by molar-refractivity contribution is 6.06. The molecular formula is C31H36FN7O. The van der Waals surface area contributed by atoms with Gasteiger partial charge >= 0.3 is 0 Å². The average molecular weight is 542 g/mol. The molecular weight excluding hydrogens is 505 g/mol. The zero-order valence-electron chi connectivity index (χ0n) is 23.3. The molecule has 2 N–H and O–H groups in total. The van der Waals surface area contributed by atoms with Gasteiger partial charge in [0.1, 0.15) is 18.0 Å². The van der Waals surface area contributed by atoms with Crippen LogP contribution in [-0.4, -0.2) is 64.0 Å². The number of benzene rings is 1. The van der Waals surface area contributed by atoms with E-state index in [9.17, 15) is 9.18 Å². The summed E-state index contributed by atoms with van der Waals surface area (Å²) in [6.07, 6.45) is 8.46. The maximum absolute atomic E-state index is 14.8. The second-order valence-electron chi connectivity index (χ2n) is 10.5. The van der Waals surface area contributed by atoms with Crippen molar-refractivity contribution in [3.63, 3.8) is 0 Å². The Hall–Kier alpha value is -3.98. The zero-order valence-corrected chi connectivity index (χ0v) is 23.3. The molecule has 1 aromatic carbocycles. The fourth-order valence-electron chi connectivity index (χ4n) is 5.45. The Kier molecular flexibility index (Phi) is 8.60. The van der Waals surface area contributed by atoms with E-state index in [1.807, 2.05) is 19.2 Å². The molecule has 0 radical (unpaired) electrons. The van der Waals surface area contributed by atoms with Gasteiger partial charge in [0.05, 0.1) is 16.8 Å². The Bertz CT molecular complexity index is 1470. The lowest BCUT2D eigenvalue weighted by atomic mass is 9.92. The van der Waals surface area contributed by atoms with Crippen molar-refractivity contribution in [2.45, 2.75) is 39.0 Å². The van der Waals surface area contributed by atoms with Crippen LogP contribution in [0.15, 0.2) is 55.1 Å². The van der Waals surface area contributed by atoms with E-state index >= 15 is 0 Å². The van der Waals surface area contributed by atoms with Gasteiger partial charge in [-0.15, -0.1) is 0 Å². The van der Waals surface area contributed by atoms with Crippen molar-refractivity contribution in [1.82, 2.24) is 30.2 Å². The minimum atomic E-state index is -0.465. The summed E-state index contributed by atoms with van der Waals surface area (Å²) in [5, 5.41) is 6.19. The van der Waals surface area contributed by atoms with E-state index in [4.69, 9.17) is 4.98 Å². The van der Waals surface area contributed by atoms with Gasteiger partial charge in [-0.05, 0) is 74.6 Å². The first-order valence-electron chi connectivity index (χ1n) is 14.0. The third kappa shape index (κ3) is 6.09. The lowest BCUT2D eigenvalue weighted by Crippen LogP contribution is -2.34. The number of halogens is 1. The van der Waals surface area contributed by atoms with Gasteiger partial charge in [-0.3, -0.25) is 14.8 Å². The molecule has 1 fully saturated rings. The topological polar surface area (TPSA) is 95.9 Å². The van der Waals surface area contributed by atoms with Gasteiger partial charge in [0.25, 0.3) is 5.91 Å². The Morgan fingerprint density at radius 3 is 2.65 bits per heavy atom. The molecule has 208 valence electrons. The van der Waals surface area contributed by atoms with Crippen LogP contribution in [0.5, 0.6) is 0 Å². The minimum Gasteiger partial charge on any atom is -0.369 e. The maximum atomic E-state index is 14.8. The van der Waals surface area contributed by atoms with Crippen LogP contribution in [0, 0.1) is 11.7 Å². The highest BCUT2D eigenvalue weighted by Crippen LogP contribution is 2.29. The number of carbonyl (C=O) groups excluding carboxylic acids is 1. The second-order valence-corrected chi connectivity index (χ2v) is 10.5. The lowest BCUT2D eigenvalue weighted by molar-refractivity contribution is 0.0964. The Balaban J connectivity index is 1.25. The molecule has 1 aliphatic heterocycles. The van der Waals surface area contributed by atoms with E-state index in [0.29, 0.717) is 23.8 Å². The first-order chi connectivity index (χ1) is 19.5. The van der Waals surface area contributed by atoms with Crippen molar-refractivity contribution >= 4 is 22.6 Å². The van der Waals surface area contributed by atoms with Gasteiger partial charge in [-0.25, -0.2) is 14.4 Å². The van der Waals surface area contributed by atoms with E-state index in [2.05, 4.69) is 49.5 Å². The summed E-state index contributed by atoms with van der Waals surface area (Å²) >= 11 is 0. The summed E-state index contributed by atoms with van der Waals surface area (Å²) in [4.78, 5) is 32.8. The number of anilines is 1. The molecule has 0 aliphatic carbocycles. The maximum Gasteiger partial charge on any atom is 0.251 e. The van der Waals surface area contributed by atoms with E-state index in [-0.39, 0.29) is 22.8 Å². The predicted molar refractivity (Wildman–Crippen MR) is 156 cm³/mol. The summed E-state index contributed by atoms with van der Waals surface area (Å²) < 4.78 is 14.8. The van der Waals surface area contributed by atoms with Crippen LogP contribution in [0.25, 0.3) is 22.2 Å². The molecule has 9 heteroatoms. The number of hydrogen-bond acceptors (Lipinski definition) is 7. The molecule has 0 unspecified atom stereocenters. The molecule has 1 amide bonds. The normalized spacial score (nSPS) is 15.2. The number of nitrogens with zero attached hydrogens (tertiary/aromatic N) is 5. The highest BCUT2D eigenvalue weighted by Gasteiger charge is 2.20. The lowest BCUT2D eigenvalue weighted by Gasteiger charge is -2.30. The number of fused-ring (bicyclic) bond motifs is 1. The summed E-state index contributed by atoms with van der Waals surface area (Å²) in [6, 6.07) is 10.8. The van der Waals surface area contributed by atoms with Crippen molar-refractivity contribution in [3.05, 3.63) is 77.8 Å². The van der Waals surface area contributed by atoms with Crippen LogP contribution in [0.2, 0.25) is 0 Å². The number of pyridine rings is 2. The van der Waals surface area contributed by atoms with Gasteiger partial charge in [0, 0.05) is 54.6 Å². The summed E-state index contributed by atoms with van der Waals surface area (Å²) in [6.45, 7) is 8.29. The molecule has 1 atom stereocenters. The molecule has 1 aliphatic rings. The van der Waals surface area contributed by atoms with Gasteiger partial charge in [-0.2, -0.15) is 0 Å². The standard InChI is InChI=1S/C31H36FN7O/c1-4-39-13-10-21(11-14-39)15-23-6-5-22(18-35-23)27-16-28(38-19-37-27)36-17-20(2)24-7-8-26(32)29-25(31(40)33-3)9-12-34-30(24)29/h5-9,12,16,18-21H,4,10-11,13-15,17H2,1-3H3,(H,33,40)(H,36,37,38)/t20-/m1/s1. The first kappa shape index (κ1) is 27.6. The molecule has 0 bridgehead atoms. The van der Waals surface area contributed by atoms with E-state index in [1.165, 1.54) is 45.1 Å². The molecule has 8 nitrogen and oxygen atoms in total. The van der Waals surface area contributed by atoms with E-state index in [1.54, 1.807) is 18.6 Å². The van der Waals surface area contributed by atoms with E-state index in [0.717, 1.165) is 35.5 Å². The molecule has 1 saturated heterocycles. The quantitative estimate of drug-likeness (QED) is 0.305. The molecule has 0 saturated carbocycles. The number of nitrogens with one attached hydrogen (secondary N) is 2. The number of hydrogen-bond donors (Lipinski definition) is 2. The summed E-state index contributed by atoms with van der Waals surface area (Å²) in [7, 11) is 1.53. The second kappa shape index (κ2) is 12.5. The zero-order chi connectivity index (χ0) is 28.1. The van der Waals surface area contributed by atoms with Crippen LogP contribution in [0.3, 0.4) is 0 Å². The number of carbonyl (C=O) groups is 1. The fraction of sp³-hybridized carbons (Fsp3) is 0.387. The van der Waals surface area contributed by atoms with Crippen molar-refractivity contribution < 1.29 is 9.18 Å².